The van der Waals surface area contributed by atoms with Crippen molar-refractivity contribution in [3.05, 3.63) is 0 Å². The summed E-state index contributed by atoms with van der Waals surface area (Å²) in [5, 5.41) is 3.57. The third-order valence-corrected chi connectivity index (χ3v) is 2.84. The van der Waals surface area contributed by atoms with Gasteiger partial charge in [0.2, 0.25) is 0 Å². The van der Waals surface area contributed by atoms with E-state index >= 15 is 0 Å². The maximum absolute atomic E-state index is 5.20. The van der Waals surface area contributed by atoms with E-state index < -0.39 is 0 Å². The van der Waals surface area contributed by atoms with Gasteiger partial charge in [-0.3, -0.25) is 0 Å². The lowest BCUT2D eigenvalue weighted by molar-refractivity contribution is 0.147. The van der Waals surface area contributed by atoms with E-state index in [1.165, 1.54) is 32.1 Å². The van der Waals surface area contributed by atoms with E-state index in [4.69, 9.17) is 4.74 Å². The van der Waals surface area contributed by atoms with Gasteiger partial charge in [-0.05, 0) is 18.9 Å². The molecular weight excluding hydrogens is 186 g/mol. The molecule has 0 aromatic carbocycles. The zero-order valence-electron chi connectivity index (χ0n) is 11.0. The summed E-state index contributed by atoms with van der Waals surface area (Å²) in [5.41, 5.74) is 0. The van der Waals surface area contributed by atoms with Crippen molar-refractivity contribution in [2.24, 2.45) is 5.92 Å². The Kier molecular flexibility index (Phi) is 10.4. The van der Waals surface area contributed by atoms with Crippen molar-refractivity contribution >= 4 is 0 Å². The lowest BCUT2D eigenvalue weighted by Crippen LogP contribution is -2.38. The Balaban J connectivity index is 3.37. The van der Waals surface area contributed by atoms with Crippen LogP contribution in [0.1, 0.15) is 52.9 Å². The smallest absolute Gasteiger partial charge is 0.0618 e. The molecule has 1 unspecified atom stereocenters. The van der Waals surface area contributed by atoms with Crippen molar-refractivity contribution in [3.63, 3.8) is 0 Å². The van der Waals surface area contributed by atoms with Crippen LogP contribution in [0, 0.1) is 5.92 Å². The maximum atomic E-state index is 5.20. The maximum Gasteiger partial charge on any atom is 0.0618 e. The topological polar surface area (TPSA) is 21.3 Å². The van der Waals surface area contributed by atoms with Crippen molar-refractivity contribution in [2.75, 3.05) is 20.3 Å². The largest absolute Gasteiger partial charge is 0.383 e. The van der Waals surface area contributed by atoms with E-state index in [-0.39, 0.29) is 0 Å². The molecule has 2 nitrogen and oxygen atoms in total. The lowest BCUT2D eigenvalue weighted by atomic mass is 10.1. The molecule has 0 bridgehead atoms. The zero-order valence-corrected chi connectivity index (χ0v) is 11.0. The Bertz CT molecular complexity index is 126. The summed E-state index contributed by atoms with van der Waals surface area (Å²) in [5.74, 6) is 0.653. The van der Waals surface area contributed by atoms with Gasteiger partial charge >= 0.3 is 0 Å². The first-order valence-electron chi connectivity index (χ1n) is 6.44. The minimum absolute atomic E-state index is 0.515. The number of ether oxygens (including phenoxy) is 1. The Morgan fingerprint density at radius 3 is 2.27 bits per heavy atom. The van der Waals surface area contributed by atoms with E-state index in [9.17, 15) is 0 Å². The molecule has 2 heteroatoms. The fraction of sp³-hybridized carbons (Fsp3) is 1.00. The summed E-state index contributed by atoms with van der Waals surface area (Å²) in [6.45, 7) is 8.70. The number of hydrogen-bond donors (Lipinski definition) is 1. The van der Waals surface area contributed by atoms with Crippen LogP contribution in [0.15, 0.2) is 0 Å². The van der Waals surface area contributed by atoms with Gasteiger partial charge < -0.3 is 10.1 Å². The Labute approximate surface area is 95.8 Å². The molecule has 0 amide bonds. The molecule has 0 saturated carbocycles. The van der Waals surface area contributed by atoms with E-state index in [1.807, 2.05) is 0 Å². The third-order valence-electron chi connectivity index (χ3n) is 2.84. The van der Waals surface area contributed by atoms with Gasteiger partial charge in [0.25, 0.3) is 0 Å². The van der Waals surface area contributed by atoms with Gasteiger partial charge in [0.15, 0.2) is 0 Å². The number of hydrogen-bond acceptors (Lipinski definition) is 2. The number of rotatable bonds is 10. The predicted octanol–water partition coefficient (Wildman–Crippen LogP) is 3.22. The van der Waals surface area contributed by atoms with Crippen LogP contribution in [0.25, 0.3) is 0 Å². The zero-order chi connectivity index (χ0) is 11.5. The van der Waals surface area contributed by atoms with Crippen molar-refractivity contribution in [3.8, 4) is 0 Å². The molecule has 0 saturated heterocycles. The highest BCUT2D eigenvalue weighted by Crippen LogP contribution is 2.04. The van der Waals surface area contributed by atoms with Crippen molar-refractivity contribution in [1.29, 1.82) is 0 Å². The Hall–Kier alpha value is -0.0800. The SMILES string of the molecule is CCCCCCCNC(COC)C(C)C. The Morgan fingerprint density at radius 1 is 1.07 bits per heavy atom. The molecule has 0 radical (unpaired) electrons. The molecule has 92 valence electrons. The third kappa shape index (κ3) is 8.88. The van der Waals surface area contributed by atoms with E-state index in [0.29, 0.717) is 12.0 Å². The second-order valence-corrected chi connectivity index (χ2v) is 4.67. The number of nitrogens with one attached hydrogen (secondary N) is 1. The molecule has 0 aliphatic heterocycles. The fourth-order valence-electron chi connectivity index (χ4n) is 1.68. The molecule has 0 aliphatic rings. The Morgan fingerprint density at radius 2 is 1.73 bits per heavy atom. The molecule has 0 fully saturated rings. The first-order valence-corrected chi connectivity index (χ1v) is 6.44. The van der Waals surface area contributed by atoms with E-state index in [0.717, 1.165) is 13.2 Å². The summed E-state index contributed by atoms with van der Waals surface area (Å²) >= 11 is 0. The van der Waals surface area contributed by atoms with Gasteiger partial charge in [-0.15, -0.1) is 0 Å². The minimum Gasteiger partial charge on any atom is -0.383 e. The molecule has 15 heavy (non-hydrogen) atoms. The average Bonchev–Trinajstić information content (AvgIpc) is 2.21. The summed E-state index contributed by atoms with van der Waals surface area (Å²) in [6, 6.07) is 0.515. The lowest BCUT2D eigenvalue weighted by Gasteiger charge is -2.21. The summed E-state index contributed by atoms with van der Waals surface area (Å²) in [7, 11) is 1.78. The number of methoxy groups -OCH3 is 1. The monoisotopic (exact) mass is 215 g/mol. The van der Waals surface area contributed by atoms with Crippen LogP contribution in [-0.4, -0.2) is 26.3 Å². The van der Waals surface area contributed by atoms with Gasteiger partial charge in [-0.2, -0.15) is 0 Å². The molecule has 1 N–H and O–H groups in total. The van der Waals surface area contributed by atoms with Crippen LogP contribution in [0.4, 0.5) is 0 Å². The molecule has 0 spiro atoms. The van der Waals surface area contributed by atoms with Gasteiger partial charge in [-0.25, -0.2) is 0 Å². The molecule has 0 aliphatic carbocycles. The second-order valence-electron chi connectivity index (χ2n) is 4.67. The second kappa shape index (κ2) is 10.4. The normalized spacial score (nSPS) is 13.4. The molecule has 0 aromatic heterocycles. The van der Waals surface area contributed by atoms with Gasteiger partial charge in [0, 0.05) is 13.2 Å². The fourth-order valence-corrected chi connectivity index (χ4v) is 1.68. The van der Waals surface area contributed by atoms with Crippen LogP contribution in [0.2, 0.25) is 0 Å². The van der Waals surface area contributed by atoms with E-state index in [2.05, 4.69) is 26.1 Å². The van der Waals surface area contributed by atoms with Gasteiger partial charge in [0.1, 0.15) is 0 Å². The quantitative estimate of drug-likeness (QED) is 0.565. The summed E-state index contributed by atoms with van der Waals surface area (Å²) in [4.78, 5) is 0. The molecule has 0 aromatic rings. The predicted molar refractivity (Wildman–Crippen MR) is 67.3 cm³/mol. The molecule has 1 atom stereocenters. The average molecular weight is 215 g/mol. The van der Waals surface area contributed by atoms with E-state index in [1.54, 1.807) is 7.11 Å². The first kappa shape index (κ1) is 14.9. The van der Waals surface area contributed by atoms with Crippen LogP contribution in [0.5, 0.6) is 0 Å². The minimum atomic E-state index is 0.515. The van der Waals surface area contributed by atoms with Crippen molar-refractivity contribution < 1.29 is 4.74 Å². The molecule has 0 heterocycles. The summed E-state index contributed by atoms with van der Waals surface area (Å²) < 4.78 is 5.20. The number of unbranched alkanes of at least 4 members (excludes halogenated alkanes) is 4. The van der Waals surface area contributed by atoms with Gasteiger partial charge in [0.05, 0.1) is 6.61 Å². The van der Waals surface area contributed by atoms with Gasteiger partial charge in [-0.1, -0.05) is 46.5 Å². The first-order chi connectivity index (χ1) is 7.22. The highest BCUT2D eigenvalue weighted by atomic mass is 16.5. The highest BCUT2D eigenvalue weighted by molar-refractivity contribution is 4.69. The van der Waals surface area contributed by atoms with Crippen molar-refractivity contribution in [2.45, 2.75) is 58.9 Å². The van der Waals surface area contributed by atoms with Crippen LogP contribution >= 0.6 is 0 Å². The van der Waals surface area contributed by atoms with Crippen LogP contribution in [-0.2, 0) is 4.74 Å². The standard InChI is InChI=1S/C13H29NO/c1-5-6-7-8-9-10-14-13(11-15-4)12(2)3/h12-14H,5-11H2,1-4H3. The van der Waals surface area contributed by atoms with Crippen LogP contribution < -0.4 is 5.32 Å². The molecule has 0 rings (SSSR count). The van der Waals surface area contributed by atoms with Crippen molar-refractivity contribution in [1.82, 2.24) is 5.32 Å². The summed E-state index contributed by atoms with van der Waals surface area (Å²) in [6.07, 6.45) is 6.75. The highest BCUT2D eigenvalue weighted by Gasteiger charge is 2.11. The molecular formula is C13H29NO. The van der Waals surface area contributed by atoms with Crippen LogP contribution in [0.3, 0.4) is 0 Å².